The Morgan fingerprint density at radius 2 is 2.08 bits per heavy atom. The number of oxazole rings is 1. The summed E-state index contributed by atoms with van der Waals surface area (Å²) in [4.78, 5) is 33.0. The molecular formula is C19H22N4O3. The number of rotatable bonds is 3. The van der Waals surface area contributed by atoms with Gasteiger partial charge in [0.05, 0.1) is 6.54 Å². The lowest BCUT2D eigenvalue weighted by Gasteiger charge is -2.40. The molecule has 26 heavy (non-hydrogen) atoms. The number of hydrogen-bond acceptors (Lipinski definition) is 5. The maximum atomic E-state index is 12.8. The lowest BCUT2D eigenvalue weighted by atomic mass is 10.0. The minimum Gasteiger partial charge on any atom is -0.444 e. The monoisotopic (exact) mass is 354 g/mol. The van der Waals surface area contributed by atoms with E-state index in [0.717, 1.165) is 24.9 Å². The molecule has 7 nitrogen and oxygen atoms in total. The Bertz CT molecular complexity index is 789. The lowest BCUT2D eigenvalue weighted by Crippen LogP contribution is -2.57. The van der Waals surface area contributed by atoms with E-state index in [2.05, 4.69) is 10.3 Å². The molecule has 1 unspecified atom stereocenters. The zero-order valence-corrected chi connectivity index (χ0v) is 14.6. The summed E-state index contributed by atoms with van der Waals surface area (Å²) in [6, 6.07) is 9.61. The van der Waals surface area contributed by atoms with E-state index >= 15 is 0 Å². The van der Waals surface area contributed by atoms with Gasteiger partial charge in [-0.25, -0.2) is 4.98 Å². The van der Waals surface area contributed by atoms with Crippen LogP contribution in [0, 0.1) is 0 Å². The fourth-order valence-corrected chi connectivity index (χ4v) is 3.65. The maximum absolute atomic E-state index is 12.8. The number of piperazine rings is 1. The highest BCUT2D eigenvalue weighted by atomic mass is 16.3. The van der Waals surface area contributed by atoms with Crippen LogP contribution in [0.3, 0.4) is 0 Å². The Labute approximate surface area is 152 Å². The Kier molecular flexibility index (Phi) is 4.71. The SMILES string of the molecule is O=C(c1coc(-c2ccccc2)n1)N1CCCC(N2CCNCC2=O)C1. The molecule has 3 heterocycles. The molecule has 0 spiro atoms. The average molecular weight is 354 g/mol. The van der Waals surface area contributed by atoms with Gasteiger partial charge in [0.25, 0.3) is 5.91 Å². The average Bonchev–Trinajstić information content (AvgIpc) is 3.19. The summed E-state index contributed by atoms with van der Waals surface area (Å²) in [5.41, 5.74) is 1.16. The van der Waals surface area contributed by atoms with Crippen LogP contribution in [0.1, 0.15) is 23.3 Å². The predicted octanol–water partition coefficient (Wildman–Crippen LogP) is 1.38. The van der Waals surface area contributed by atoms with Crippen molar-refractivity contribution in [1.29, 1.82) is 0 Å². The standard InChI is InChI=1S/C19H22N4O3/c24-17-11-20-8-10-23(17)15-7-4-9-22(12-15)19(25)16-13-26-18(21-16)14-5-2-1-3-6-14/h1-3,5-6,13,15,20H,4,7-12H2. The molecule has 1 N–H and O–H groups in total. The third-order valence-corrected chi connectivity index (χ3v) is 4.99. The summed E-state index contributed by atoms with van der Waals surface area (Å²) in [6.45, 7) is 3.13. The normalized spacial score (nSPS) is 21.1. The van der Waals surface area contributed by atoms with Crippen LogP contribution in [0.4, 0.5) is 0 Å². The summed E-state index contributed by atoms with van der Waals surface area (Å²) < 4.78 is 5.49. The smallest absolute Gasteiger partial charge is 0.275 e. The molecular weight excluding hydrogens is 332 g/mol. The van der Waals surface area contributed by atoms with Crippen molar-refractivity contribution in [1.82, 2.24) is 20.1 Å². The first-order valence-corrected chi connectivity index (χ1v) is 9.03. The summed E-state index contributed by atoms with van der Waals surface area (Å²) in [5, 5.41) is 3.09. The molecule has 0 bridgehead atoms. The molecule has 4 rings (SSSR count). The summed E-state index contributed by atoms with van der Waals surface area (Å²) in [6.07, 6.45) is 3.24. The third-order valence-electron chi connectivity index (χ3n) is 4.99. The van der Waals surface area contributed by atoms with Crippen LogP contribution in [-0.4, -0.2) is 65.4 Å². The molecule has 136 valence electrons. The van der Waals surface area contributed by atoms with Crippen molar-refractivity contribution in [2.45, 2.75) is 18.9 Å². The predicted molar refractivity (Wildman–Crippen MR) is 95.4 cm³/mol. The number of hydrogen-bond donors (Lipinski definition) is 1. The lowest BCUT2D eigenvalue weighted by molar-refractivity contribution is -0.135. The zero-order chi connectivity index (χ0) is 17.9. The molecule has 1 aromatic carbocycles. The number of likely N-dealkylation sites (tertiary alicyclic amines) is 1. The number of benzene rings is 1. The van der Waals surface area contributed by atoms with Gasteiger partial charge in [0.2, 0.25) is 11.8 Å². The fourth-order valence-electron chi connectivity index (χ4n) is 3.65. The van der Waals surface area contributed by atoms with Gasteiger partial charge in [0.1, 0.15) is 6.26 Å². The summed E-state index contributed by atoms with van der Waals surface area (Å²) >= 11 is 0. The van der Waals surface area contributed by atoms with Crippen molar-refractivity contribution < 1.29 is 14.0 Å². The number of piperidine rings is 1. The Morgan fingerprint density at radius 3 is 2.88 bits per heavy atom. The third kappa shape index (κ3) is 3.35. The molecule has 2 aliphatic heterocycles. The van der Waals surface area contributed by atoms with Crippen molar-refractivity contribution >= 4 is 11.8 Å². The molecule has 0 saturated carbocycles. The minimum absolute atomic E-state index is 0.0859. The molecule has 2 aliphatic rings. The Balaban J connectivity index is 1.46. The van der Waals surface area contributed by atoms with Crippen molar-refractivity contribution in [3.63, 3.8) is 0 Å². The maximum Gasteiger partial charge on any atom is 0.275 e. The van der Waals surface area contributed by atoms with Crippen LogP contribution in [0.5, 0.6) is 0 Å². The second-order valence-corrected chi connectivity index (χ2v) is 6.72. The molecule has 0 aliphatic carbocycles. The van der Waals surface area contributed by atoms with Crippen LogP contribution in [0.15, 0.2) is 41.0 Å². The van der Waals surface area contributed by atoms with Gasteiger partial charge in [-0.3, -0.25) is 9.59 Å². The molecule has 2 fully saturated rings. The van der Waals surface area contributed by atoms with E-state index in [9.17, 15) is 9.59 Å². The Hall–Kier alpha value is -2.67. The highest BCUT2D eigenvalue weighted by Gasteiger charge is 2.32. The van der Waals surface area contributed by atoms with Crippen molar-refractivity contribution in [2.75, 3.05) is 32.7 Å². The number of aromatic nitrogens is 1. The first kappa shape index (κ1) is 16.8. The molecule has 7 heteroatoms. The largest absolute Gasteiger partial charge is 0.444 e. The topological polar surface area (TPSA) is 78.7 Å². The van der Waals surface area contributed by atoms with Gasteiger partial charge in [0, 0.05) is 37.8 Å². The van der Waals surface area contributed by atoms with E-state index in [1.807, 2.05) is 35.2 Å². The van der Waals surface area contributed by atoms with Crippen LogP contribution in [0.25, 0.3) is 11.5 Å². The molecule has 1 aromatic heterocycles. The van der Waals surface area contributed by atoms with Gasteiger partial charge in [-0.1, -0.05) is 18.2 Å². The van der Waals surface area contributed by atoms with E-state index in [-0.39, 0.29) is 17.9 Å². The van der Waals surface area contributed by atoms with Gasteiger partial charge in [-0.05, 0) is 25.0 Å². The number of nitrogens with zero attached hydrogens (tertiary/aromatic N) is 3. The zero-order valence-electron chi connectivity index (χ0n) is 14.6. The second kappa shape index (κ2) is 7.29. The first-order valence-electron chi connectivity index (χ1n) is 9.03. The van der Waals surface area contributed by atoms with E-state index < -0.39 is 0 Å². The van der Waals surface area contributed by atoms with Gasteiger partial charge in [-0.2, -0.15) is 0 Å². The molecule has 2 aromatic rings. The van der Waals surface area contributed by atoms with Gasteiger partial charge >= 0.3 is 0 Å². The van der Waals surface area contributed by atoms with Crippen LogP contribution < -0.4 is 5.32 Å². The van der Waals surface area contributed by atoms with E-state index in [0.29, 0.717) is 37.8 Å². The highest BCUT2D eigenvalue weighted by molar-refractivity contribution is 5.92. The molecule has 2 saturated heterocycles. The van der Waals surface area contributed by atoms with Crippen molar-refractivity contribution in [2.24, 2.45) is 0 Å². The van der Waals surface area contributed by atoms with Crippen LogP contribution in [0.2, 0.25) is 0 Å². The highest BCUT2D eigenvalue weighted by Crippen LogP contribution is 2.21. The number of amides is 2. The summed E-state index contributed by atoms with van der Waals surface area (Å²) in [5.74, 6) is 0.423. The molecule has 0 radical (unpaired) electrons. The van der Waals surface area contributed by atoms with Crippen molar-refractivity contribution in [3.8, 4) is 11.5 Å². The summed E-state index contributed by atoms with van der Waals surface area (Å²) in [7, 11) is 0. The van der Waals surface area contributed by atoms with Gasteiger partial charge in [0.15, 0.2) is 5.69 Å². The number of carbonyl (C=O) groups excluding carboxylic acids is 2. The molecule has 1 atom stereocenters. The van der Waals surface area contributed by atoms with E-state index in [1.54, 1.807) is 4.90 Å². The van der Waals surface area contributed by atoms with Crippen LogP contribution >= 0.6 is 0 Å². The minimum atomic E-state index is -0.136. The fraction of sp³-hybridized carbons (Fsp3) is 0.421. The van der Waals surface area contributed by atoms with E-state index in [1.165, 1.54) is 6.26 Å². The van der Waals surface area contributed by atoms with Gasteiger partial charge < -0.3 is 19.5 Å². The van der Waals surface area contributed by atoms with Gasteiger partial charge in [-0.15, -0.1) is 0 Å². The van der Waals surface area contributed by atoms with Crippen molar-refractivity contribution in [3.05, 3.63) is 42.3 Å². The van der Waals surface area contributed by atoms with E-state index in [4.69, 9.17) is 4.42 Å². The number of carbonyl (C=O) groups is 2. The number of nitrogens with one attached hydrogen (secondary N) is 1. The quantitative estimate of drug-likeness (QED) is 0.901. The second-order valence-electron chi connectivity index (χ2n) is 6.72. The Morgan fingerprint density at radius 1 is 1.23 bits per heavy atom. The first-order chi connectivity index (χ1) is 12.7. The molecule has 2 amide bonds. The van der Waals surface area contributed by atoms with Crippen LogP contribution in [-0.2, 0) is 4.79 Å².